The van der Waals surface area contributed by atoms with E-state index in [1.54, 1.807) is 0 Å². The molecule has 3 N–H and O–H groups in total. The van der Waals surface area contributed by atoms with Gasteiger partial charge in [0, 0.05) is 58.2 Å². The van der Waals surface area contributed by atoms with E-state index in [9.17, 15) is 0 Å². The van der Waals surface area contributed by atoms with Gasteiger partial charge in [0.25, 0.3) is 0 Å². The maximum absolute atomic E-state index is 8.94. The third kappa shape index (κ3) is 36.8. The van der Waals surface area contributed by atoms with Crippen LogP contribution < -0.4 is 0 Å². The maximum atomic E-state index is 8.94. The molecule has 0 aromatic heterocycles. The summed E-state index contributed by atoms with van der Waals surface area (Å²) < 4.78 is 30.7. The predicted octanol–water partition coefficient (Wildman–Crippen LogP) is -2.55. The second-order valence-corrected chi connectivity index (χ2v) is 2.67. The van der Waals surface area contributed by atoms with E-state index in [0.717, 1.165) is 0 Å². The summed E-state index contributed by atoms with van der Waals surface area (Å²) >= 11 is -5.12. The van der Waals surface area contributed by atoms with Crippen LogP contribution in [-0.2, 0) is 3.74 Å². The molecule has 0 bridgehead atoms. The molecule has 0 aliphatic carbocycles. The summed E-state index contributed by atoms with van der Waals surface area (Å²) in [6, 6.07) is 0. The maximum Gasteiger partial charge on any atom is 0 e. The van der Waals surface area contributed by atoms with Crippen molar-refractivity contribution in [1.82, 2.24) is 0 Å². The molecule has 0 rings (SSSR count). The first-order valence-corrected chi connectivity index (χ1v) is 4.07. The minimum atomic E-state index is -5.12. The first kappa shape index (κ1) is 10.9. The average Bonchev–Trinajstić information content (AvgIpc) is 0.722. The monoisotopic (exact) mass is 227 g/mol. The van der Waals surface area contributed by atoms with E-state index < -0.39 is 14.5 Å². The summed E-state index contributed by atoms with van der Waals surface area (Å²) in [5.41, 5.74) is 0. The zero-order valence-corrected chi connectivity index (χ0v) is 9.99. The van der Waals surface area contributed by atoms with Gasteiger partial charge in [-0.3, -0.25) is 0 Å². The summed E-state index contributed by atoms with van der Waals surface area (Å²) in [7, 11) is 0. The van der Waals surface area contributed by atoms with Crippen LogP contribution in [0.4, 0.5) is 0 Å². The van der Waals surface area contributed by atoms with Crippen LogP contribution in [-0.4, -0.2) is 85.0 Å². The first-order chi connectivity index (χ1) is 2.00. The molecule has 6 heavy (non-hydrogen) atoms. The van der Waals surface area contributed by atoms with Crippen molar-refractivity contribution in [2.24, 2.45) is 0 Å². The van der Waals surface area contributed by atoms with Gasteiger partial charge in [0.05, 0.1) is 0 Å². The van der Waals surface area contributed by atoms with E-state index in [2.05, 4.69) is 0 Å². The van der Waals surface area contributed by atoms with Gasteiger partial charge in [-0.1, -0.05) is 0 Å². The van der Waals surface area contributed by atoms with Gasteiger partial charge in [-0.2, -0.15) is 0 Å². The standard InChI is InChI=1S/AsH3O4.Rb/c2-1(3,4)5;/h(H3,2,3,4,5);. The van der Waals surface area contributed by atoms with Gasteiger partial charge in [-0.05, 0) is 0 Å². The molecule has 0 saturated carbocycles. The average molecular weight is 227 g/mol. The molecular formula is H3AsO4Rb. The van der Waals surface area contributed by atoms with Crippen LogP contribution in [0.25, 0.3) is 0 Å². The fourth-order valence-corrected chi connectivity index (χ4v) is 0. The van der Waals surface area contributed by atoms with Crippen molar-refractivity contribution in [2.45, 2.75) is 0 Å². The Labute approximate surface area is 86.7 Å². The van der Waals surface area contributed by atoms with Crippen molar-refractivity contribution in [3.8, 4) is 0 Å². The zero-order valence-electron chi connectivity index (χ0n) is 3.20. The summed E-state index contributed by atoms with van der Waals surface area (Å²) in [4.78, 5) is 0. The Balaban J connectivity index is 0. The van der Waals surface area contributed by atoms with E-state index in [-0.39, 0.29) is 58.2 Å². The summed E-state index contributed by atoms with van der Waals surface area (Å²) in [6.45, 7) is 0. The van der Waals surface area contributed by atoms with Crippen molar-refractivity contribution in [3.05, 3.63) is 0 Å². The van der Waals surface area contributed by atoms with E-state index in [4.69, 9.17) is 16.0 Å². The van der Waals surface area contributed by atoms with E-state index in [0.29, 0.717) is 0 Å². The predicted molar refractivity (Wildman–Crippen MR) is 18.9 cm³/mol. The summed E-state index contributed by atoms with van der Waals surface area (Å²) in [6.07, 6.45) is 0. The van der Waals surface area contributed by atoms with Gasteiger partial charge in [0.15, 0.2) is 0 Å². The summed E-state index contributed by atoms with van der Waals surface area (Å²) in [5, 5.41) is 0. The van der Waals surface area contributed by atoms with Crippen molar-refractivity contribution in [3.63, 3.8) is 0 Å². The van der Waals surface area contributed by atoms with Crippen LogP contribution in [0.2, 0.25) is 0 Å². The van der Waals surface area contributed by atoms with Gasteiger partial charge in [-0.25, -0.2) is 0 Å². The minimum Gasteiger partial charge on any atom is 0 e. The topological polar surface area (TPSA) is 77.8 Å². The molecule has 0 unspecified atom stereocenters. The van der Waals surface area contributed by atoms with Gasteiger partial charge in [0.2, 0.25) is 0 Å². The van der Waals surface area contributed by atoms with Crippen molar-refractivity contribution in [2.75, 3.05) is 0 Å². The molecule has 0 aromatic carbocycles. The van der Waals surface area contributed by atoms with Crippen LogP contribution in [0.3, 0.4) is 0 Å². The third-order valence-corrected chi connectivity index (χ3v) is 0. The van der Waals surface area contributed by atoms with Gasteiger partial charge in [0.1, 0.15) is 0 Å². The van der Waals surface area contributed by atoms with Crippen LogP contribution >= 0.6 is 0 Å². The molecular weight excluding hydrogens is 224 g/mol. The Morgan fingerprint density at radius 2 is 1.17 bits per heavy atom. The molecule has 0 aliphatic rings. The third-order valence-electron chi connectivity index (χ3n) is 0. The quantitative estimate of drug-likeness (QED) is 0.398. The molecule has 0 spiro atoms. The molecule has 0 saturated heterocycles. The minimum absolute atomic E-state index is 0. The van der Waals surface area contributed by atoms with Crippen molar-refractivity contribution >= 4 is 72.7 Å². The fraction of sp³-hybridized carbons (Fsp3) is 0. The molecule has 1 radical (unpaired) electrons. The number of rotatable bonds is 0. The van der Waals surface area contributed by atoms with E-state index in [1.165, 1.54) is 0 Å². The van der Waals surface area contributed by atoms with E-state index in [1.807, 2.05) is 0 Å². The smallest absolute Gasteiger partial charge is 0 e. The largest absolute Gasteiger partial charge is 0 e. The second kappa shape index (κ2) is 3.98. The SMILES string of the molecule is O=[As](O)(O)O.[Rb]. The van der Waals surface area contributed by atoms with Gasteiger partial charge in [-0.15, -0.1) is 0 Å². The van der Waals surface area contributed by atoms with Crippen molar-refractivity contribution in [1.29, 1.82) is 0 Å². The summed E-state index contributed by atoms with van der Waals surface area (Å²) in [5.74, 6) is 0. The van der Waals surface area contributed by atoms with Crippen LogP contribution in [0, 0.1) is 0 Å². The molecule has 0 atom stereocenters. The molecule has 6 heteroatoms. The molecule has 0 aliphatic heterocycles. The molecule has 33 valence electrons. The normalized spacial score (nSPS) is 9.83. The Hall–Kier alpha value is 2.04. The molecule has 4 nitrogen and oxygen atoms in total. The zero-order chi connectivity index (χ0) is 4.50. The van der Waals surface area contributed by atoms with Crippen LogP contribution in [0.15, 0.2) is 0 Å². The Morgan fingerprint density at radius 1 is 1.17 bits per heavy atom. The van der Waals surface area contributed by atoms with Crippen LogP contribution in [0.5, 0.6) is 0 Å². The number of hydrogen-bond acceptors (Lipinski definition) is 1. The van der Waals surface area contributed by atoms with Crippen LogP contribution in [0.1, 0.15) is 0 Å². The number of hydrogen-bond donors (Lipinski definition) is 3. The molecule has 0 aromatic rings. The van der Waals surface area contributed by atoms with Gasteiger partial charge < -0.3 is 0 Å². The van der Waals surface area contributed by atoms with Crippen molar-refractivity contribution < 1.29 is 16.0 Å². The first-order valence-electron chi connectivity index (χ1n) is 0.783. The molecule has 0 fully saturated rings. The Bertz CT molecular complexity index is 53.7. The molecule has 0 amide bonds. The molecule has 0 heterocycles. The van der Waals surface area contributed by atoms with E-state index >= 15 is 0 Å². The van der Waals surface area contributed by atoms with Gasteiger partial charge >= 0.3 is 30.5 Å². The Kier molecular flexibility index (Phi) is 7.24. The second-order valence-electron chi connectivity index (χ2n) is 0.513. The Morgan fingerprint density at radius 3 is 1.17 bits per heavy atom. The fourth-order valence-electron chi connectivity index (χ4n) is 0.